The van der Waals surface area contributed by atoms with Crippen molar-refractivity contribution in [3.05, 3.63) is 77.9 Å². The van der Waals surface area contributed by atoms with Gasteiger partial charge >= 0.3 is 6.36 Å². The summed E-state index contributed by atoms with van der Waals surface area (Å²) in [7, 11) is 1.62. The van der Waals surface area contributed by atoms with Crippen molar-refractivity contribution >= 4 is 28.6 Å². The molecule has 13 nitrogen and oxygen atoms in total. The molecule has 0 aliphatic carbocycles. The minimum Gasteiger partial charge on any atom is -0.436 e. The van der Waals surface area contributed by atoms with E-state index in [2.05, 4.69) is 35.4 Å². The van der Waals surface area contributed by atoms with Crippen molar-refractivity contribution in [3.8, 4) is 17.2 Å². The van der Waals surface area contributed by atoms with Gasteiger partial charge in [-0.3, -0.25) is 19.5 Å². The number of alkyl halides is 3. The maximum absolute atomic E-state index is 13.5. The highest BCUT2D eigenvalue weighted by Crippen LogP contribution is 2.31. The van der Waals surface area contributed by atoms with Gasteiger partial charge in [0.2, 0.25) is 11.8 Å². The second kappa shape index (κ2) is 12.0. The summed E-state index contributed by atoms with van der Waals surface area (Å²) in [4.78, 5) is 38.7. The first kappa shape index (κ1) is 29.7. The molecule has 2 aromatic carbocycles. The van der Waals surface area contributed by atoms with Crippen molar-refractivity contribution in [2.45, 2.75) is 19.3 Å². The van der Waals surface area contributed by atoms with Crippen LogP contribution in [0.4, 0.5) is 18.9 Å². The van der Waals surface area contributed by atoms with Gasteiger partial charge in [-0.25, -0.2) is 4.98 Å². The number of benzene rings is 2. The Hall–Kier alpha value is -5.38. The normalized spacial score (nSPS) is 14.8. The van der Waals surface area contributed by atoms with Gasteiger partial charge in [-0.05, 0) is 53.2 Å². The molecule has 1 N–H and O–H groups in total. The number of hydrogen-bond donors (Lipinski definition) is 1. The third-order valence-electron chi connectivity index (χ3n) is 7.10. The number of halogens is 3. The number of oxazole rings is 1. The number of nitrogens with one attached hydrogen (secondary N) is 1. The first-order chi connectivity index (χ1) is 21.5. The van der Waals surface area contributed by atoms with Crippen molar-refractivity contribution in [3.63, 3.8) is 0 Å². The molecule has 5 aromatic rings. The first-order valence-corrected chi connectivity index (χ1v) is 13.8. The highest BCUT2D eigenvalue weighted by Gasteiger charge is 2.33. The Balaban J connectivity index is 1.17. The summed E-state index contributed by atoms with van der Waals surface area (Å²) in [5.41, 5.74) is 3.09. The van der Waals surface area contributed by atoms with Gasteiger partial charge in [-0.1, -0.05) is 12.1 Å². The molecule has 1 unspecified atom stereocenters. The van der Waals surface area contributed by atoms with E-state index >= 15 is 0 Å². The number of aromatic nitrogens is 6. The lowest BCUT2D eigenvalue weighted by Crippen LogP contribution is -2.50. The number of aryl methyl sites for hydroxylation is 1. The van der Waals surface area contributed by atoms with E-state index in [1.54, 1.807) is 42.3 Å². The monoisotopic (exact) mass is 621 g/mol. The standard InChI is InChI=1S/C29H26F3N9O4/c1-17(42)34-20-5-8-24-22(16-20)35-27(44-24)19-9-10-33-23(15-19)28(43)41-13-11-40(12-14-41)25(26-36-38-39(2)37-26)18-3-6-21(7-4-18)45-29(30,31)32/h3-10,15-16,25H,11-14H2,1-2H3,(H,34,42). The van der Waals surface area contributed by atoms with Crippen LogP contribution in [-0.4, -0.2) is 84.3 Å². The van der Waals surface area contributed by atoms with Crippen LogP contribution in [0.15, 0.2) is 65.2 Å². The third-order valence-corrected chi connectivity index (χ3v) is 7.10. The van der Waals surface area contributed by atoms with Gasteiger partial charge in [0, 0.05) is 50.6 Å². The molecule has 0 radical (unpaired) electrons. The third kappa shape index (κ3) is 6.75. The van der Waals surface area contributed by atoms with Crippen molar-refractivity contribution in [1.82, 2.24) is 40.0 Å². The van der Waals surface area contributed by atoms with Crippen molar-refractivity contribution in [2.24, 2.45) is 7.05 Å². The number of amides is 2. The molecule has 1 aliphatic rings. The van der Waals surface area contributed by atoms with E-state index < -0.39 is 12.4 Å². The van der Waals surface area contributed by atoms with Crippen LogP contribution in [0.1, 0.15) is 34.8 Å². The van der Waals surface area contributed by atoms with E-state index in [1.807, 2.05) is 4.90 Å². The van der Waals surface area contributed by atoms with Crippen molar-refractivity contribution < 1.29 is 31.9 Å². The first-order valence-electron chi connectivity index (χ1n) is 13.8. The number of rotatable bonds is 7. The molecule has 1 saturated heterocycles. The van der Waals surface area contributed by atoms with Crippen LogP contribution in [0.25, 0.3) is 22.6 Å². The summed E-state index contributed by atoms with van der Waals surface area (Å²) in [6, 6.07) is 13.5. The molecule has 4 heterocycles. The van der Waals surface area contributed by atoms with Gasteiger partial charge in [-0.2, -0.15) is 4.80 Å². The quantitative estimate of drug-likeness (QED) is 0.285. The molecule has 232 valence electrons. The molecule has 16 heteroatoms. The summed E-state index contributed by atoms with van der Waals surface area (Å²) in [5, 5.41) is 15.1. The summed E-state index contributed by atoms with van der Waals surface area (Å²) in [6.45, 7) is 2.98. The van der Waals surface area contributed by atoms with E-state index in [1.165, 1.54) is 42.2 Å². The second-order valence-electron chi connectivity index (χ2n) is 10.3. The summed E-state index contributed by atoms with van der Waals surface area (Å²) < 4.78 is 47.9. The number of hydrogen-bond acceptors (Lipinski definition) is 10. The van der Waals surface area contributed by atoms with Crippen LogP contribution >= 0.6 is 0 Å². The van der Waals surface area contributed by atoms with Gasteiger partial charge in [0.25, 0.3) is 5.91 Å². The van der Waals surface area contributed by atoms with Crippen LogP contribution in [0.3, 0.4) is 0 Å². The number of anilines is 1. The largest absolute Gasteiger partial charge is 0.573 e. The molecule has 2 amide bonds. The van der Waals surface area contributed by atoms with E-state index in [4.69, 9.17) is 4.42 Å². The molecular formula is C29H26F3N9O4. The molecule has 0 bridgehead atoms. The average molecular weight is 622 g/mol. The van der Waals surface area contributed by atoms with E-state index in [9.17, 15) is 22.8 Å². The highest BCUT2D eigenvalue weighted by molar-refractivity contribution is 5.94. The maximum atomic E-state index is 13.5. The van der Waals surface area contributed by atoms with E-state index in [-0.39, 0.29) is 23.3 Å². The molecule has 1 aliphatic heterocycles. The van der Waals surface area contributed by atoms with Gasteiger partial charge in [0.05, 0.1) is 13.1 Å². The van der Waals surface area contributed by atoms with Crippen molar-refractivity contribution in [2.75, 3.05) is 31.5 Å². The Morgan fingerprint density at radius 2 is 1.78 bits per heavy atom. The lowest BCUT2D eigenvalue weighted by atomic mass is 10.0. The van der Waals surface area contributed by atoms with Crippen LogP contribution < -0.4 is 10.1 Å². The fourth-order valence-electron chi connectivity index (χ4n) is 5.14. The Morgan fingerprint density at radius 1 is 1.02 bits per heavy atom. The molecule has 1 atom stereocenters. The minimum absolute atomic E-state index is 0.203. The SMILES string of the molecule is CC(=O)Nc1ccc2oc(-c3ccnc(C(=O)N4CCN(C(c5ccc(OC(F)(F)F)cc5)c5nnn(C)n5)CC4)c3)nc2c1. The van der Waals surface area contributed by atoms with Gasteiger partial charge in [-0.15, -0.1) is 23.4 Å². The van der Waals surface area contributed by atoms with E-state index in [0.717, 1.165) is 0 Å². The van der Waals surface area contributed by atoms with Crippen molar-refractivity contribution in [1.29, 1.82) is 0 Å². The highest BCUT2D eigenvalue weighted by atomic mass is 19.4. The van der Waals surface area contributed by atoms with E-state index in [0.29, 0.717) is 65.8 Å². The molecule has 6 rings (SSSR count). The number of tetrazole rings is 1. The molecule has 0 saturated carbocycles. The minimum atomic E-state index is -4.80. The Kier molecular flexibility index (Phi) is 7.88. The lowest BCUT2D eigenvalue weighted by molar-refractivity contribution is -0.274. The summed E-state index contributed by atoms with van der Waals surface area (Å²) >= 11 is 0. The number of carbonyl (C=O) groups excluding carboxylic acids is 2. The number of fused-ring (bicyclic) bond motifs is 1. The van der Waals surface area contributed by atoms with Gasteiger partial charge in [0.15, 0.2) is 11.4 Å². The zero-order valence-electron chi connectivity index (χ0n) is 24.0. The van der Waals surface area contributed by atoms with Gasteiger partial charge in [0.1, 0.15) is 17.0 Å². The smallest absolute Gasteiger partial charge is 0.436 e. The van der Waals surface area contributed by atoms with Crippen LogP contribution in [-0.2, 0) is 11.8 Å². The predicted molar refractivity (Wildman–Crippen MR) is 153 cm³/mol. The fourth-order valence-corrected chi connectivity index (χ4v) is 5.14. The molecule has 1 fully saturated rings. The average Bonchev–Trinajstić information content (AvgIpc) is 3.63. The second-order valence-corrected chi connectivity index (χ2v) is 10.3. The number of nitrogens with zero attached hydrogens (tertiary/aromatic N) is 8. The molecule has 45 heavy (non-hydrogen) atoms. The zero-order valence-corrected chi connectivity index (χ0v) is 24.0. The number of piperazine rings is 1. The zero-order chi connectivity index (χ0) is 31.7. The predicted octanol–water partition coefficient (Wildman–Crippen LogP) is 3.82. The number of carbonyl (C=O) groups is 2. The van der Waals surface area contributed by atoms with Crippen LogP contribution in [0.2, 0.25) is 0 Å². The molecule has 3 aromatic heterocycles. The Bertz CT molecular complexity index is 1850. The van der Waals surface area contributed by atoms with Crippen LogP contribution in [0, 0.1) is 0 Å². The number of pyridine rings is 1. The summed E-state index contributed by atoms with van der Waals surface area (Å²) in [5.74, 6) is -0.139. The lowest BCUT2D eigenvalue weighted by Gasteiger charge is -2.38. The fraction of sp³-hybridized carbons (Fsp3) is 0.276. The maximum Gasteiger partial charge on any atom is 0.573 e. The number of ether oxygens (including phenoxy) is 1. The topological polar surface area (TPSA) is 144 Å². The molecular weight excluding hydrogens is 595 g/mol. The van der Waals surface area contributed by atoms with Gasteiger partial charge < -0.3 is 19.4 Å². The Morgan fingerprint density at radius 3 is 2.44 bits per heavy atom. The molecule has 0 spiro atoms. The summed E-state index contributed by atoms with van der Waals surface area (Å²) in [6.07, 6.45) is -3.29. The van der Waals surface area contributed by atoms with Crippen LogP contribution in [0.5, 0.6) is 5.75 Å². The Labute approximate surface area is 253 Å².